The van der Waals surface area contributed by atoms with Crippen molar-refractivity contribution in [3.8, 4) is 0 Å². The lowest BCUT2D eigenvalue weighted by atomic mass is 9.82. The van der Waals surface area contributed by atoms with Gasteiger partial charge in [-0.15, -0.1) is 0 Å². The van der Waals surface area contributed by atoms with Crippen LogP contribution in [0.2, 0.25) is 0 Å². The van der Waals surface area contributed by atoms with Crippen LogP contribution in [0.4, 0.5) is 4.39 Å². The Morgan fingerprint density at radius 1 is 0.967 bits per heavy atom. The highest BCUT2D eigenvalue weighted by molar-refractivity contribution is 6.06. The third kappa shape index (κ3) is 3.14. The Bertz CT molecular complexity index is 959. The van der Waals surface area contributed by atoms with Crippen molar-refractivity contribution in [2.45, 2.75) is 37.2 Å². The van der Waals surface area contributed by atoms with Gasteiger partial charge in [-0.1, -0.05) is 42.5 Å². The van der Waals surface area contributed by atoms with Gasteiger partial charge in [-0.3, -0.25) is 24.3 Å². The number of aliphatic hydroxyl groups excluding tert-OH is 1. The number of carbonyl (C=O) groups is 2. The van der Waals surface area contributed by atoms with Crippen LogP contribution >= 0.6 is 0 Å². The Kier molecular flexibility index (Phi) is 4.69. The van der Waals surface area contributed by atoms with Crippen LogP contribution in [0.25, 0.3) is 0 Å². The molecule has 156 valence electrons. The zero-order chi connectivity index (χ0) is 20.9. The Morgan fingerprint density at radius 2 is 1.63 bits per heavy atom. The number of benzene rings is 2. The summed E-state index contributed by atoms with van der Waals surface area (Å²) in [5, 5.41) is 10.2. The summed E-state index contributed by atoms with van der Waals surface area (Å²) >= 11 is 0. The van der Waals surface area contributed by atoms with E-state index in [1.807, 2.05) is 35.2 Å². The van der Waals surface area contributed by atoms with Gasteiger partial charge in [0, 0.05) is 26.2 Å². The largest absolute Gasteiger partial charge is 0.392 e. The molecule has 3 aliphatic rings. The van der Waals surface area contributed by atoms with Gasteiger partial charge in [-0.05, 0) is 29.7 Å². The molecule has 1 N–H and O–H groups in total. The first kappa shape index (κ1) is 19.4. The quantitative estimate of drug-likeness (QED) is 0.774. The van der Waals surface area contributed by atoms with Gasteiger partial charge < -0.3 is 5.11 Å². The van der Waals surface area contributed by atoms with E-state index in [-0.39, 0.29) is 24.2 Å². The normalized spacial score (nSPS) is 26.1. The van der Waals surface area contributed by atoms with E-state index in [4.69, 9.17) is 0 Å². The molecule has 2 atom stereocenters. The van der Waals surface area contributed by atoms with Crippen LogP contribution in [0.1, 0.15) is 17.5 Å². The molecule has 3 heterocycles. The third-order valence-electron chi connectivity index (χ3n) is 6.50. The molecule has 7 heteroatoms. The summed E-state index contributed by atoms with van der Waals surface area (Å²) in [4.78, 5) is 32.1. The molecular formula is C23H24FN3O3. The number of imide groups is 1. The molecule has 3 fully saturated rings. The van der Waals surface area contributed by atoms with Crippen LogP contribution in [0, 0.1) is 5.82 Å². The fraction of sp³-hybridized carbons (Fsp3) is 0.391. The summed E-state index contributed by atoms with van der Waals surface area (Å²) in [6, 6.07) is 15.4. The molecule has 5 rings (SSSR count). The summed E-state index contributed by atoms with van der Waals surface area (Å²) in [5.41, 5.74) is 1.10. The van der Waals surface area contributed by atoms with Gasteiger partial charge in [0.25, 0.3) is 5.91 Å². The lowest BCUT2D eigenvalue weighted by Gasteiger charge is -2.58. The molecule has 0 saturated carbocycles. The van der Waals surface area contributed by atoms with Crippen molar-refractivity contribution in [2.24, 2.45) is 0 Å². The Hall–Kier alpha value is -2.61. The molecule has 2 unspecified atom stereocenters. The number of amides is 2. The zero-order valence-corrected chi connectivity index (χ0v) is 16.6. The van der Waals surface area contributed by atoms with E-state index in [1.54, 1.807) is 12.1 Å². The molecule has 2 aromatic rings. The van der Waals surface area contributed by atoms with Crippen molar-refractivity contribution in [3.63, 3.8) is 0 Å². The third-order valence-corrected chi connectivity index (χ3v) is 6.50. The minimum atomic E-state index is -0.787. The molecule has 2 aromatic carbocycles. The van der Waals surface area contributed by atoms with E-state index >= 15 is 0 Å². The first-order valence-electron chi connectivity index (χ1n) is 10.3. The summed E-state index contributed by atoms with van der Waals surface area (Å²) in [6.45, 7) is 2.18. The Labute approximate surface area is 174 Å². The maximum Gasteiger partial charge on any atom is 0.252 e. The van der Waals surface area contributed by atoms with Crippen LogP contribution in [0.5, 0.6) is 0 Å². The number of hydrogen-bond donors (Lipinski definition) is 1. The van der Waals surface area contributed by atoms with E-state index < -0.39 is 17.7 Å². The van der Waals surface area contributed by atoms with Gasteiger partial charge >= 0.3 is 0 Å². The fourth-order valence-corrected chi connectivity index (χ4v) is 5.06. The van der Waals surface area contributed by atoms with Gasteiger partial charge in [0.15, 0.2) is 0 Å². The number of β-amino-alcohol motifs (C(OH)–C–C–N with tert-alkyl or cyclic N) is 1. The first-order chi connectivity index (χ1) is 14.5. The predicted octanol–water partition coefficient (Wildman–Crippen LogP) is 1.38. The smallest absolute Gasteiger partial charge is 0.252 e. The minimum absolute atomic E-state index is 0.183. The highest BCUT2D eigenvalue weighted by atomic mass is 19.1. The number of aliphatic hydroxyl groups is 1. The van der Waals surface area contributed by atoms with E-state index in [9.17, 15) is 19.1 Å². The molecule has 0 bridgehead atoms. The summed E-state index contributed by atoms with van der Waals surface area (Å²) in [6.07, 6.45) is -0.247. The van der Waals surface area contributed by atoms with Crippen molar-refractivity contribution in [2.75, 3.05) is 19.6 Å². The van der Waals surface area contributed by atoms with Crippen molar-refractivity contribution in [3.05, 3.63) is 71.5 Å². The second-order valence-corrected chi connectivity index (χ2v) is 8.58. The lowest BCUT2D eigenvalue weighted by Crippen LogP contribution is -2.81. The number of piperazine rings is 1. The molecule has 6 nitrogen and oxygen atoms in total. The first-order valence-corrected chi connectivity index (χ1v) is 10.3. The number of hydrogen-bond acceptors (Lipinski definition) is 5. The number of halogens is 1. The molecule has 3 saturated heterocycles. The lowest BCUT2D eigenvalue weighted by molar-refractivity contribution is -0.181. The summed E-state index contributed by atoms with van der Waals surface area (Å²) in [7, 11) is 0. The van der Waals surface area contributed by atoms with Crippen LogP contribution in [0.15, 0.2) is 54.6 Å². The highest BCUT2D eigenvalue weighted by Crippen LogP contribution is 2.41. The second kappa shape index (κ2) is 7.27. The van der Waals surface area contributed by atoms with Crippen molar-refractivity contribution >= 4 is 11.8 Å². The number of rotatable bonds is 4. The number of carbonyl (C=O) groups excluding carboxylic acids is 2. The standard InChI is InChI=1S/C23H24FN3O3/c24-18-8-6-17(7-9-18)11-25-14-23(15-25)22(30)26(12-16-4-2-1-3-5-16)21(29)20-10-19(28)13-27(20)23/h1-9,19-20,28H,10-15H2. The molecular weight excluding hydrogens is 385 g/mol. The Balaban J connectivity index is 1.38. The van der Waals surface area contributed by atoms with Crippen LogP contribution in [-0.4, -0.2) is 68.9 Å². The van der Waals surface area contributed by atoms with E-state index in [0.29, 0.717) is 32.6 Å². The Morgan fingerprint density at radius 3 is 2.33 bits per heavy atom. The summed E-state index contributed by atoms with van der Waals surface area (Å²) < 4.78 is 13.2. The average molecular weight is 409 g/mol. The summed E-state index contributed by atoms with van der Waals surface area (Å²) in [5.74, 6) is -0.676. The fourth-order valence-electron chi connectivity index (χ4n) is 5.06. The molecule has 1 spiro atoms. The topological polar surface area (TPSA) is 64.1 Å². The molecule has 30 heavy (non-hydrogen) atoms. The van der Waals surface area contributed by atoms with Crippen LogP contribution < -0.4 is 0 Å². The second-order valence-electron chi connectivity index (χ2n) is 8.58. The number of likely N-dealkylation sites (tertiary alicyclic amines) is 1. The van der Waals surface area contributed by atoms with Gasteiger partial charge in [0.05, 0.1) is 18.7 Å². The van der Waals surface area contributed by atoms with Crippen LogP contribution in [-0.2, 0) is 22.7 Å². The number of nitrogens with zero attached hydrogens (tertiary/aromatic N) is 3. The molecule has 3 aliphatic heterocycles. The van der Waals surface area contributed by atoms with Crippen molar-refractivity contribution in [1.29, 1.82) is 0 Å². The van der Waals surface area contributed by atoms with Crippen molar-refractivity contribution < 1.29 is 19.1 Å². The van der Waals surface area contributed by atoms with Gasteiger partial charge in [-0.25, -0.2) is 4.39 Å². The predicted molar refractivity (Wildman–Crippen MR) is 108 cm³/mol. The van der Waals surface area contributed by atoms with Gasteiger partial charge in [0.2, 0.25) is 5.91 Å². The van der Waals surface area contributed by atoms with Crippen LogP contribution in [0.3, 0.4) is 0 Å². The molecule has 0 aromatic heterocycles. The highest BCUT2D eigenvalue weighted by Gasteiger charge is 2.64. The van der Waals surface area contributed by atoms with Gasteiger partial charge in [0.1, 0.15) is 11.4 Å². The monoisotopic (exact) mass is 409 g/mol. The molecule has 0 aliphatic carbocycles. The SMILES string of the molecule is O=C1C2CC(O)CN2C2(CN(Cc3ccc(F)cc3)C2)C(=O)N1Cc1ccccc1. The number of fused-ring (bicyclic) bond motifs is 2. The maximum absolute atomic E-state index is 13.5. The average Bonchev–Trinajstić information content (AvgIpc) is 3.11. The zero-order valence-electron chi connectivity index (χ0n) is 16.6. The molecule has 0 radical (unpaired) electrons. The van der Waals surface area contributed by atoms with Gasteiger partial charge in [-0.2, -0.15) is 0 Å². The maximum atomic E-state index is 13.5. The minimum Gasteiger partial charge on any atom is -0.392 e. The molecule has 2 amide bonds. The van der Waals surface area contributed by atoms with Crippen molar-refractivity contribution in [1.82, 2.24) is 14.7 Å². The van der Waals surface area contributed by atoms with E-state index in [1.165, 1.54) is 17.0 Å². The van der Waals surface area contributed by atoms with E-state index in [2.05, 4.69) is 4.90 Å². The van der Waals surface area contributed by atoms with E-state index in [0.717, 1.165) is 11.1 Å².